The molecule has 0 aliphatic heterocycles. The summed E-state index contributed by atoms with van der Waals surface area (Å²) in [6.45, 7) is 4.85. The first-order valence-corrected chi connectivity index (χ1v) is 5.68. The van der Waals surface area contributed by atoms with Gasteiger partial charge in [0.15, 0.2) is 0 Å². The first-order chi connectivity index (χ1) is 5.68. The fourth-order valence-electron chi connectivity index (χ4n) is 3.36. The summed E-state index contributed by atoms with van der Waals surface area (Å²) < 4.78 is 0. The van der Waals surface area contributed by atoms with Gasteiger partial charge in [0.2, 0.25) is 0 Å². The van der Waals surface area contributed by atoms with E-state index in [0.29, 0.717) is 0 Å². The molecule has 0 unspecified atom stereocenters. The molecule has 3 aliphatic carbocycles. The van der Waals surface area contributed by atoms with Crippen LogP contribution in [0.2, 0.25) is 0 Å². The van der Waals surface area contributed by atoms with Gasteiger partial charge >= 0.3 is 0 Å². The summed E-state index contributed by atoms with van der Waals surface area (Å²) in [5.74, 6) is 0. The molecule has 3 rings (SSSR count). The largest absolute Gasteiger partial charge is 0.0654 e. The number of rotatable bonds is 2. The Morgan fingerprint density at radius 3 is 1.83 bits per heavy atom. The fourth-order valence-corrected chi connectivity index (χ4v) is 3.36. The molecular weight excluding hydrogens is 144 g/mol. The minimum absolute atomic E-state index is 0.759. The SMILES string of the molecule is CCCC12CCC(C)(CC1)CC2. The molecule has 0 aromatic rings. The van der Waals surface area contributed by atoms with Gasteiger partial charge in [-0.1, -0.05) is 20.3 Å². The highest BCUT2D eigenvalue weighted by atomic mass is 14.5. The van der Waals surface area contributed by atoms with E-state index in [-0.39, 0.29) is 0 Å². The molecule has 0 heterocycles. The first kappa shape index (κ1) is 8.59. The normalized spacial score (nSPS) is 46.5. The third kappa shape index (κ3) is 1.30. The van der Waals surface area contributed by atoms with Crippen LogP contribution in [-0.4, -0.2) is 0 Å². The van der Waals surface area contributed by atoms with Crippen molar-refractivity contribution in [3.63, 3.8) is 0 Å². The van der Waals surface area contributed by atoms with E-state index in [1.165, 1.54) is 51.4 Å². The van der Waals surface area contributed by atoms with Crippen LogP contribution >= 0.6 is 0 Å². The van der Waals surface area contributed by atoms with Gasteiger partial charge in [-0.15, -0.1) is 0 Å². The lowest BCUT2D eigenvalue weighted by atomic mass is 9.53. The van der Waals surface area contributed by atoms with Gasteiger partial charge in [0.05, 0.1) is 0 Å². The molecule has 0 atom stereocenters. The molecule has 3 aliphatic rings. The summed E-state index contributed by atoms with van der Waals surface area (Å²) in [7, 11) is 0. The Kier molecular flexibility index (Phi) is 1.97. The molecule has 0 N–H and O–H groups in total. The van der Waals surface area contributed by atoms with Crippen molar-refractivity contribution in [2.75, 3.05) is 0 Å². The van der Waals surface area contributed by atoms with Crippen molar-refractivity contribution in [2.24, 2.45) is 10.8 Å². The fraction of sp³-hybridized carbons (Fsp3) is 1.00. The van der Waals surface area contributed by atoms with Crippen LogP contribution in [0, 0.1) is 10.8 Å². The third-order valence-electron chi connectivity index (χ3n) is 4.56. The molecule has 2 bridgehead atoms. The van der Waals surface area contributed by atoms with Crippen molar-refractivity contribution in [2.45, 2.75) is 65.2 Å². The van der Waals surface area contributed by atoms with Gasteiger partial charge in [0, 0.05) is 0 Å². The molecule has 70 valence electrons. The lowest BCUT2D eigenvalue weighted by Gasteiger charge is -2.52. The van der Waals surface area contributed by atoms with Crippen molar-refractivity contribution in [1.82, 2.24) is 0 Å². The highest BCUT2D eigenvalue weighted by Gasteiger charge is 2.45. The Morgan fingerprint density at radius 2 is 1.42 bits per heavy atom. The van der Waals surface area contributed by atoms with Crippen molar-refractivity contribution in [3.05, 3.63) is 0 Å². The smallest absolute Gasteiger partial charge is 0.0297 e. The second kappa shape index (κ2) is 2.75. The van der Waals surface area contributed by atoms with Crippen LogP contribution in [0.3, 0.4) is 0 Å². The Labute approximate surface area is 76.7 Å². The van der Waals surface area contributed by atoms with E-state index < -0.39 is 0 Å². The maximum absolute atomic E-state index is 2.50. The van der Waals surface area contributed by atoms with E-state index >= 15 is 0 Å². The van der Waals surface area contributed by atoms with Crippen LogP contribution in [0.15, 0.2) is 0 Å². The van der Waals surface area contributed by atoms with Crippen molar-refractivity contribution in [1.29, 1.82) is 0 Å². The lowest BCUT2D eigenvalue weighted by Crippen LogP contribution is -2.39. The molecular formula is C12H22. The summed E-state index contributed by atoms with van der Waals surface area (Å²) >= 11 is 0. The van der Waals surface area contributed by atoms with E-state index in [2.05, 4.69) is 13.8 Å². The molecule has 0 amide bonds. The maximum atomic E-state index is 2.50. The molecule has 0 aromatic heterocycles. The third-order valence-corrected chi connectivity index (χ3v) is 4.56. The van der Waals surface area contributed by atoms with Gasteiger partial charge in [-0.25, -0.2) is 0 Å². The van der Waals surface area contributed by atoms with E-state index in [0.717, 1.165) is 10.8 Å². The monoisotopic (exact) mass is 166 g/mol. The van der Waals surface area contributed by atoms with Gasteiger partial charge in [-0.05, 0) is 55.8 Å². The van der Waals surface area contributed by atoms with Crippen LogP contribution < -0.4 is 0 Å². The number of hydrogen-bond acceptors (Lipinski definition) is 0. The average Bonchev–Trinajstić information content (AvgIpc) is 2.08. The minimum Gasteiger partial charge on any atom is -0.0654 e. The quantitative estimate of drug-likeness (QED) is 0.578. The summed E-state index contributed by atoms with van der Waals surface area (Å²) in [5.41, 5.74) is 1.57. The van der Waals surface area contributed by atoms with E-state index in [4.69, 9.17) is 0 Å². The standard InChI is InChI=1S/C12H22/c1-3-4-12-8-5-11(2,6-9-12)7-10-12/h3-10H2,1-2H3. The molecule has 3 saturated carbocycles. The summed E-state index contributed by atoms with van der Waals surface area (Å²) in [6, 6.07) is 0. The summed E-state index contributed by atoms with van der Waals surface area (Å²) in [6.07, 6.45) is 12.1. The minimum atomic E-state index is 0.759. The first-order valence-electron chi connectivity index (χ1n) is 5.68. The molecule has 0 heteroatoms. The van der Waals surface area contributed by atoms with Gasteiger partial charge < -0.3 is 0 Å². The highest BCUT2D eigenvalue weighted by Crippen LogP contribution is 2.58. The lowest BCUT2D eigenvalue weighted by molar-refractivity contribution is -0.00293. The van der Waals surface area contributed by atoms with Gasteiger partial charge in [-0.2, -0.15) is 0 Å². The predicted molar refractivity (Wildman–Crippen MR) is 53.2 cm³/mol. The Bertz CT molecular complexity index is 144. The topological polar surface area (TPSA) is 0 Å². The van der Waals surface area contributed by atoms with Crippen LogP contribution in [0.25, 0.3) is 0 Å². The van der Waals surface area contributed by atoms with Crippen molar-refractivity contribution >= 4 is 0 Å². The second-order valence-electron chi connectivity index (χ2n) is 5.56. The molecule has 0 saturated heterocycles. The van der Waals surface area contributed by atoms with Crippen LogP contribution in [0.4, 0.5) is 0 Å². The van der Waals surface area contributed by atoms with Gasteiger partial charge in [0.1, 0.15) is 0 Å². The Morgan fingerprint density at radius 1 is 0.917 bits per heavy atom. The molecule has 0 radical (unpaired) electrons. The average molecular weight is 166 g/mol. The second-order valence-corrected chi connectivity index (χ2v) is 5.56. The number of hydrogen-bond donors (Lipinski definition) is 0. The molecule has 0 spiro atoms. The van der Waals surface area contributed by atoms with E-state index in [1.54, 1.807) is 0 Å². The Balaban J connectivity index is 2.04. The van der Waals surface area contributed by atoms with Crippen LogP contribution in [0.5, 0.6) is 0 Å². The maximum Gasteiger partial charge on any atom is -0.0297 e. The predicted octanol–water partition coefficient (Wildman–Crippen LogP) is 4.15. The molecule has 0 aromatic carbocycles. The number of fused-ring (bicyclic) bond motifs is 3. The summed E-state index contributed by atoms with van der Waals surface area (Å²) in [4.78, 5) is 0. The summed E-state index contributed by atoms with van der Waals surface area (Å²) in [5, 5.41) is 0. The molecule has 3 fully saturated rings. The zero-order chi connectivity index (χ0) is 8.66. The zero-order valence-electron chi connectivity index (χ0n) is 8.66. The van der Waals surface area contributed by atoms with E-state index in [9.17, 15) is 0 Å². The molecule has 0 nitrogen and oxygen atoms in total. The van der Waals surface area contributed by atoms with Gasteiger partial charge in [-0.3, -0.25) is 0 Å². The zero-order valence-corrected chi connectivity index (χ0v) is 8.66. The van der Waals surface area contributed by atoms with Crippen molar-refractivity contribution < 1.29 is 0 Å². The molecule has 12 heavy (non-hydrogen) atoms. The Hall–Kier alpha value is 0. The van der Waals surface area contributed by atoms with Crippen LogP contribution in [0.1, 0.15) is 65.2 Å². The van der Waals surface area contributed by atoms with Crippen LogP contribution in [-0.2, 0) is 0 Å². The van der Waals surface area contributed by atoms with E-state index in [1.807, 2.05) is 0 Å². The van der Waals surface area contributed by atoms with Gasteiger partial charge in [0.25, 0.3) is 0 Å². The highest BCUT2D eigenvalue weighted by molar-refractivity contribution is 4.96. The van der Waals surface area contributed by atoms with Crippen molar-refractivity contribution in [3.8, 4) is 0 Å².